The molecule has 1 aliphatic carbocycles. The highest BCUT2D eigenvalue weighted by Gasteiger charge is 2.22. The molecule has 182 valence electrons. The minimum Gasteiger partial charge on any atom is -0.383 e. The SMILES string of the molecule is N#Cc1ncccc1-c1cc2c(NC3CCC(N)CC3)c(C(N)=Nc3cc(F)ccc3Cl)cnn2c1. The van der Waals surface area contributed by atoms with E-state index < -0.39 is 5.82 Å². The number of nitrogens with two attached hydrogens (primary N) is 2. The summed E-state index contributed by atoms with van der Waals surface area (Å²) in [6.45, 7) is 0. The third-order valence-corrected chi connectivity index (χ3v) is 6.73. The molecule has 0 bridgehead atoms. The topological polar surface area (TPSA) is 130 Å². The molecule has 36 heavy (non-hydrogen) atoms. The molecule has 10 heteroatoms. The number of benzene rings is 1. The Bertz CT molecular complexity index is 1500. The van der Waals surface area contributed by atoms with Gasteiger partial charge in [0, 0.05) is 41.7 Å². The lowest BCUT2D eigenvalue weighted by molar-refractivity contribution is 0.411. The van der Waals surface area contributed by atoms with Crippen LogP contribution in [-0.2, 0) is 0 Å². The van der Waals surface area contributed by atoms with Crippen molar-refractivity contribution in [1.29, 1.82) is 5.26 Å². The normalized spacial score (nSPS) is 18.2. The van der Waals surface area contributed by atoms with Gasteiger partial charge in [-0.2, -0.15) is 10.4 Å². The molecule has 3 heterocycles. The number of aliphatic imine (C=N–C) groups is 1. The van der Waals surface area contributed by atoms with Gasteiger partial charge in [-0.3, -0.25) is 0 Å². The number of nitrogens with zero attached hydrogens (tertiary/aromatic N) is 5. The van der Waals surface area contributed by atoms with Gasteiger partial charge >= 0.3 is 0 Å². The van der Waals surface area contributed by atoms with Crippen LogP contribution in [-0.4, -0.2) is 32.5 Å². The number of rotatable bonds is 5. The van der Waals surface area contributed by atoms with Crippen LogP contribution in [0.1, 0.15) is 36.9 Å². The molecule has 1 saturated carbocycles. The van der Waals surface area contributed by atoms with Gasteiger partial charge in [0.05, 0.1) is 33.7 Å². The quantitative estimate of drug-likeness (QED) is 0.266. The summed E-state index contributed by atoms with van der Waals surface area (Å²) in [6.07, 6.45) is 8.72. The standard InChI is InChI=1S/C26H24ClFN8/c27-21-8-3-16(28)11-22(21)35-26(31)20-13-33-36-14-15(19-2-1-9-32-23(19)12-29)10-24(36)25(20)34-18-6-4-17(30)5-7-18/h1-3,8-11,13-14,17-18,34H,4-7,30H2,(H2,31,35). The lowest BCUT2D eigenvalue weighted by Crippen LogP contribution is -2.33. The molecular formula is C26H24ClFN8. The highest BCUT2D eigenvalue weighted by atomic mass is 35.5. The molecule has 5 N–H and O–H groups in total. The van der Waals surface area contributed by atoms with Gasteiger partial charge in [-0.1, -0.05) is 11.6 Å². The van der Waals surface area contributed by atoms with Crippen LogP contribution < -0.4 is 16.8 Å². The average Bonchev–Trinajstić information content (AvgIpc) is 3.32. The maximum absolute atomic E-state index is 13.8. The lowest BCUT2D eigenvalue weighted by atomic mass is 9.91. The fourth-order valence-corrected chi connectivity index (χ4v) is 4.67. The maximum atomic E-state index is 13.8. The van der Waals surface area contributed by atoms with Crippen molar-refractivity contribution in [3.8, 4) is 17.2 Å². The zero-order valence-corrected chi connectivity index (χ0v) is 20.1. The first kappa shape index (κ1) is 23.7. The number of pyridine rings is 1. The molecule has 0 saturated heterocycles. The molecule has 1 aromatic carbocycles. The Morgan fingerprint density at radius 1 is 1.22 bits per heavy atom. The summed E-state index contributed by atoms with van der Waals surface area (Å²) >= 11 is 6.22. The van der Waals surface area contributed by atoms with Crippen LogP contribution in [0.2, 0.25) is 5.02 Å². The zero-order chi connectivity index (χ0) is 25.2. The zero-order valence-electron chi connectivity index (χ0n) is 19.3. The van der Waals surface area contributed by atoms with E-state index in [-0.39, 0.29) is 28.6 Å². The Morgan fingerprint density at radius 2 is 2.03 bits per heavy atom. The van der Waals surface area contributed by atoms with Crippen LogP contribution in [0.5, 0.6) is 0 Å². The summed E-state index contributed by atoms with van der Waals surface area (Å²) in [5.41, 5.74) is 16.7. The van der Waals surface area contributed by atoms with Crippen LogP contribution in [0.4, 0.5) is 15.8 Å². The highest BCUT2D eigenvalue weighted by molar-refractivity contribution is 6.33. The summed E-state index contributed by atoms with van der Waals surface area (Å²) in [5, 5.41) is 18.0. The van der Waals surface area contributed by atoms with Crippen molar-refractivity contribution in [2.24, 2.45) is 16.5 Å². The number of nitriles is 1. The monoisotopic (exact) mass is 502 g/mol. The van der Waals surface area contributed by atoms with E-state index in [2.05, 4.69) is 26.5 Å². The predicted molar refractivity (Wildman–Crippen MR) is 139 cm³/mol. The van der Waals surface area contributed by atoms with Crippen molar-refractivity contribution >= 4 is 34.3 Å². The molecule has 8 nitrogen and oxygen atoms in total. The second kappa shape index (κ2) is 9.93. The maximum Gasteiger partial charge on any atom is 0.148 e. The van der Waals surface area contributed by atoms with E-state index in [1.54, 1.807) is 23.0 Å². The number of amidine groups is 1. The highest BCUT2D eigenvalue weighted by Crippen LogP contribution is 2.33. The van der Waals surface area contributed by atoms with E-state index in [4.69, 9.17) is 23.1 Å². The number of anilines is 1. The number of halogens is 2. The lowest BCUT2D eigenvalue weighted by Gasteiger charge is -2.28. The molecule has 0 spiro atoms. The van der Waals surface area contributed by atoms with Gasteiger partial charge in [0.2, 0.25) is 0 Å². The van der Waals surface area contributed by atoms with Crippen LogP contribution in [0.25, 0.3) is 16.6 Å². The Labute approximate surface area is 212 Å². The summed E-state index contributed by atoms with van der Waals surface area (Å²) in [4.78, 5) is 8.59. The molecule has 0 atom stereocenters. The van der Waals surface area contributed by atoms with E-state index in [1.807, 2.05) is 18.3 Å². The molecule has 1 fully saturated rings. The van der Waals surface area contributed by atoms with Crippen molar-refractivity contribution in [2.75, 3.05) is 5.32 Å². The van der Waals surface area contributed by atoms with E-state index in [1.165, 1.54) is 18.2 Å². The Balaban J connectivity index is 1.64. The molecule has 4 aromatic rings. The largest absolute Gasteiger partial charge is 0.383 e. The first-order chi connectivity index (χ1) is 17.4. The third-order valence-electron chi connectivity index (χ3n) is 6.41. The average molecular weight is 503 g/mol. The number of nitrogens with one attached hydrogen (secondary N) is 1. The Kier molecular flexibility index (Phi) is 6.55. The minimum atomic E-state index is -0.461. The number of fused-ring (bicyclic) bond motifs is 1. The molecule has 0 radical (unpaired) electrons. The van der Waals surface area contributed by atoms with Gasteiger partial charge in [-0.05, 0) is 56.0 Å². The van der Waals surface area contributed by atoms with E-state index >= 15 is 0 Å². The molecule has 5 rings (SSSR count). The minimum absolute atomic E-state index is 0.148. The summed E-state index contributed by atoms with van der Waals surface area (Å²) in [7, 11) is 0. The fourth-order valence-electron chi connectivity index (χ4n) is 4.51. The van der Waals surface area contributed by atoms with Crippen LogP contribution in [0, 0.1) is 17.1 Å². The van der Waals surface area contributed by atoms with Crippen molar-refractivity contribution in [3.05, 3.63) is 77.1 Å². The van der Waals surface area contributed by atoms with Gasteiger partial charge < -0.3 is 16.8 Å². The third kappa shape index (κ3) is 4.73. The van der Waals surface area contributed by atoms with E-state index in [0.717, 1.165) is 42.5 Å². The van der Waals surface area contributed by atoms with Crippen molar-refractivity contribution in [1.82, 2.24) is 14.6 Å². The van der Waals surface area contributed by atoms with Gasteiger partial charge in [-0.25, -0.2) is 18.9 Å². The predicted octanol–water partition coefficient (Wildman–Crippen LogP) is 4.78. The summed E-state index contributed by atoms with van der Waals surface area (Å²) in [6, 6.07) is 12.0. The first-order valence-corrected chi connectivity index (χ1v) is 12.0. The molecule has 0 unspecified atom stereocenters. The van der Waals surface area contributed by atoms with E-state index in [0.29, 0.717) is 16.8 Å². The summed E-state index contributed by atoms with van der Waals surface area (Å²) < 4.78 is 15.5. The second-order valence-corrected chi connectivity index (χ2v) is 9.26. The smallest absolute Gasteiger partial charge is 0.148 e. The number of hydrogen-bond donors (Lipinski definition) is 3. The summed E-state index contributed by atoms with van der Waals surface area (Å²) in [5.74, 6) is -0.313. The van der Waals surface area contributed by atoms with E-state index in [9.17, 15) is 9.65 Å². The van der Waals surface area contributed by atoms with Crippen LogP contribution in [0.3, 0.4) is 0 Å². The molecule has 0 amide bonds. The fraction of sp³-hybridized carbons (Fsp3) is 0.231. The Morgan fingerprint density at radius 3 is 2.81 bits per heavy atom. The number of hydrogen-bond acceptors (Lipinski definition) is 6. The Hall–Kier alpha value is -4.00. The van der Waals surface area contributed by atoms with Crippen molar-refractivity contribution in [3.63, 3.8) is 0 Å². The van der Waals surface area contributed by atoms with Gasteiger partial charge in [0.15, 0.2) is 0 Å². The van der Waals surface area contributed by atoms with Crippen LogP contribution in [0.15, 0.2) is 60.0 Å². The molecular weight excluding hydrogens is 479 g/mol. The van der Waals surface area contributed by atoms with Crippen LogP contribution >= 0.6 is 11.6 Å². The number of aromatic nitrogens is 3. The first-order valence-electron chi connectivity index (χ1n) is 11.6. The van der Waals surface area contributed by atoms with Gasteiger partial charge in [-0.15, -0.1) is 0 Å². The van der Waals surface area contributed by atoms with Crippen molar-refractivity contribution in [2.45, 2.75) is 37.8 Å². The molecule has 0 aliphatic heterocycles. The molecule has 1 aliphatic rings. The molecule has 3 aromatic heterocycles. The second-order valence-electron chi connectivity index (χ2n) is 8.85. The van der Waals surface area contributed by atoms with Gasteiger partial charge in [0.25, 0.3) is 0 Å². The van der Waals surface area contributed by atoms with Gasteiger partial charge in [0.1, 0.15) is 23.4 Å². The van der Waals surface area contributed by atoms with Crippen molar-refractivity contribution < 1.29 is 4.39 Å².